The van der Waals surface area contributed by atoms with Gasteiger partial charge in [0.2, 0.25) is 16.0 Å². The van der Waals surface area contributed by atoms with Crippen LogP contribution in [0.4, 0.5) is 5.95 Å². The minimum atomic E-state index is -3.61. The lowest BCUT2D eigenvalue weighted by Crippen LogP contribution is -2.23. The van der Waals surface area contributed by atoms with Crippen molar-refractivity contribution in [3.8, 4) is 0 Å². The Balaban J connectivity index is 2.09. The largest absolute Gasteiger partial charge is 0.292 e. The van der Waals surface area contributed by atoms with Crippen LogP contribution in [0.3, 0.4) is 0 Å². The number of hydrogen-bond acceptors (Lipinski definition) is 7. The summed E-state index contributed by atoms with van der Waals surface area (Å²) in [6.07, 6.45) is 2.40. The number of hydrazine groups is 1. The van der Waals surface area contributed by atoms with E-state index in [-0.39, 0.29) is 17.4 Å². The van der Waals surface area contributed by atoms with Gasteiger partial charge in [0, 0.05) is 16.3 Å². The first-order valence-corrected chi connectivity index (χ1v) is 7.65. The van der Waals surface area contributed by atoms with Gasteiger partial charge >= 0.3 is 0 Å². The fraction of sp³-hybridized carbons (Fsp3) is 0.200. The van der Waals surface area contributed by atoms with Crippen LogP contribution in [0.15, 0.2) is 29.4 Å². The van der Waals surface area contributed by atoms with E-state index in [1.165, 1.54) is 12.4 Å². The third-order valence-electron chi connectivity index (χ3n) is 2.30. The number of anilines is 1. The van der Waals surface area contributed by atoms with Crippen LogP contribution < -0.4 is 16.0 Å². The Morgan fingerprint density at radius 1 is 1.32 bits per heavy atom. The third-order valence-corrected chi connectivity index (χ3v) is 4.66. The molecule has 2 rings (SSSR count). The lowest BCUT2D eigenvalue weighted by molar-refractivity contribution is 0.581. The molecule has 0 amide bonds. The van der Waals surface area contributed by atoms with Gasteiger partial charge in [-0.05, 0) is 19.1 Å². The van der Waals surface area contributed by atoms with Gasteiger partial charge in [0.25, 0.3) is 0 Å². The van der Waals surface area contributed by atoms with Crippen molar-refractivity contribution in [2.75, 3.05) is 5.43 Å². The van der Waals surface area contributed by atoms with E-state index in [1.54, 1.807) is 11.3 Å². The Labute approximate surface area is 114 Å². The number of sulfonamides is 1. The number of aromatic nitrogens is 2. The summed E-state index contributed by atoms with van der Waals surface area (Å²) in [4.78, 5) is 9.60. The normalized spacial score (nSPS) is 11.5. The molecule has 0 aromatic carbocycles. The SMILES string of the molecule is Cc1ccc(CNS(=O)(=O)c2cnc(NN)nc2)s1. The van der Waals surface area contributed by atoms with Gasteiger partial charge in [-0.15, -0.1) is 11.3 Å². The summed E-state index contributed by atoms with van der Waals surface area (Å²) in [5.74, 6) is 5.27. The fourth-order valence-corrected chi connectivity index (χ4v) is 3.18. The molecule has 0 aliphatic carbocycles. The van der Waals surface area contributed by atoms with Gasteiger partial charge in [0.1, 0.15) is 4.90 Å². The second-order valence-corrected chi connectivity index (χ2v) is 6.86. The van der Waals surface area contributed by atoms with Crippen molar-refractivity contribution >= 4 is 27.3 Å². The third kappa shape index (κ3) is 3.47. The Morgan fingerprint density at radius 3 is 2.53 bits per heavy atom. The van der Waals surface area contributed by atoms with Gasteiger partial charge in [-0.25, -0.2) is 29.0 Å². The maximum absolute atomic E-state index is 12.0. The van der Waals surface area contributed by atoms with Crippen LogP contribution in [0, 0.1) is 6.92 Å². The number of aryl methyl sites for hydroxylation is 1. The van der Waals surface area contributed by atoms with Crippen molar-refractivity contribution < 1.29 is 8.42 Å². The van der Waals surface area contributed by atoms with E-state index >= 15 is 0 Å². The summed E-state index contributed by atoms with van der Waals surface area (Å²) in [7, 11) is -3.61. The second kappa shape index (κ2) is 5.61. The molecule has 0 radical (unpaired) electrons. The highest BCUT2D eigenvalue weighted by molar-refractivity contribution is 7.89. The van der Waals surface area contributed by atoms with Crippen molar-refractivity contribution in [3.63, 3.8) is 0 Å². The van der Waals surface area contributed by atoms with Crippen LogP contribution in [-0.2, 0) is 16.6 Å². The molecule has 4 N–H and O–H groups in total. The molecule has 0 unspecified atom stereocenters. The van der Waals surface area contributed by atoms with Crippen molar-refractivity contribution in [3.05, 3.63) is 34.3 Å². The predicted octanol–water partition coefficient (Wildman–Crippen LogP) is 0.611. The van der Waals surface area contributed by atoms with E-state index in [9.17, 15) is 8.42 Å². The zero-order valence-electron chi connectivity index (χ0n) is 10.1. The lowest BCUT2D eigenvalue weighted by Gasteiger charge is -2.05. The van der Waals surface area contributed by atoms with Crippen LogP contribution >= 0.6 is 11.3 Å². The highest BCUT2D eigenvalue weighted by Crippen LogP contribution is 2.15. The summed E-state index contributed by atoms with van der Waals surface area (Å²) < 4.78 is 26.4. The zero-order chi connectivity index (χ0) is 13.9. The minimum absolute atomic E-state index is 0.000205. The van der Waals surface area contributed by atoms with Crippen molar-refractivity contribution in [1.82, 2.24) is 14.7 Å². The minimum Gasteiger partial charge on any atom is -0.292 e. The van der Waals surface area contributed by atoms with Crippen LogP contribution in [0.25, 0.3) is 0 Å². The molecule has 19 heavy (non-hydrogen) atoms. The van der Waals surface area contributed by atoms with E-state index in [2.05, 4.69) is 20.1 Å². The molecular formula is C10H13N5O2S2. The molecule has 0 aliphatic rings. The van der Waals surface area contributed by atoms with E-state index in [1.807, 2.05) is 19.1 Å². The zero-order valence-corrected chi connectivity index (χ0v) is 11.8. The summed E-state index contributed by atoms with van der Waals surface area (Å²) in [5, 5.41) is 0. The maximum atomic E-state index is 12.0. The first-order valence-electron chi connectivity index (χ1n) is 5.35. The summed E-state index contributed by atoms with van der Waals surface area (Å²) in [5.41, 5.74) is 2.23. The molecule has 0 aliphatic heterocycles. The predicted molar refractivity (Wildman–Crippen MR) is 72.9 cm³/mol. The van der Waals surface area contributed by atoms with Gasteiger partial charge < -0.3 is 0 Å². The summed E-state index contributed by atoms with van der Waals surface area (Å²) in [6, 6.07) is 3.83. The Kier molecular flexibility index (Phi) is 4.10. The van der Waals surface area contributed by atoms with Gasteiger partial charge in [-0.1, -0.05) is 0 Å². The van der Waals surface area contributed by atoms with Gasteiger partial charge in [0.15, 0.2) is 0 Å². The van der Waals surface area contributed by atoms with Crippen molar-refractivity contribution in [1.29, 1.82) is 0 Å². The van der Waals surface area contributed by atoms with Crippen molar-refractivity contribution in [2.24, 2.45) is 5.84 Å². The number of rotatable bonds is 5. The molecule has 0 saturated carbocycles. The number of nitrogen functional groups attached to an aromatic ring is 1. The molecule has 0 fully saturated rings. The average molecular weight is 299 g/mol. The van der Waals surface area contributed by atoms with E-state index in [0.29, 0.717) is 0 Å². The topological polar surface area (TPSA) is 110 Å². The first-order chi connectivity index (χ1) is 9.01. The van der Waals surface area contributed by atoms with Crippen LogP contribution in [0.5, 0.6) is 0 Å². The maximum Gasteiger partial charge on any atom is 0.243 e. The molecule has 2 aromatic rings. The molecule has 0 saturated heterocycles. The second-order valence-electron chi connectivity index (χ2n) is 3.72. The van der Waals surface area contributed by atoms with Crippen molar-refractivity contribution in [2.45, 2.75) is 18.4 Å². The lowest BCUT2D eigenvalue weighted by atomic mass is 10.4. The number of nitrogens with zero attached hydrogens (tertiary/aromatic N) is 2. The van der Waals surface area contributed by atoms with E-state index in [0.717, 1.165) is 9.75 Å². The van der Waals surface area contributed by atoms with Gasteiger partial charge in [0.05, 0.1) is 12.4 Å². The molecule has 102 valence electrons. The summed E-state index contributed by atoms with van der Waals surface area (Å²) >= 11 is 1.54. The molecule has 7 nitrogen and oxygen atoms in total. The highest BCUT2D eigenvalue weighted by Gasteiger charge is 2.15. The molecule has 0 bridgehead atoms. The van der Waals surface area contributed by atoms with Gasteiger partial charge in [-0.2, -0.15) is 0 Å². The first kappa shape index (κ1) is 13.9. The standard InChI is InChI=1S/C10H13N5O2S2/c1-7-2-3-8(18-7)4-14-19(16,17)9-5-12-10(15-11)13-6-9/h2-3,5-6,14H,4,11H2,1H3,(H,12,13,15). The van der Waals surface area contributed by atoms with Crippen LogP contribution in [0.2, 0.25) is 0 Å². The highest BCUT2D eigenvalue weighted by atomic mass is 32.2. The molecule has 0 atom stereocenters. The molecular weight excluding hydrogens is 286 g/mol. The number of hydrogen-bond donors (Lipinski definition) is 3. The Hall–Kier alpha value is -1.55. The quantitative estimate of drug-likeness (QED) is 0.551. The molecule has 2 aromatic heterocycles. The molecule has 2 heterocycles. The number of nitrogens with two attached hydrogens (primary N) is 1. The smallest absolute Gasteiger partial charge is 0.243 e. The monoisotopic (exact) mass is 299 g/mol. The van der Waals surface area contributed by atoms with Gasteiger partial charge in [-0.3, -0.25) is 5.43 Å². The Bertz CT molecular complexity index is 651. The van der Waals surface area contributed by atoms with E-state index < -0.39 is 10.0 Å². The van der Waals surface area contributed by atoms with Crippen LogP contribution in [-0.4, -0.2) is 18.4 Å². The molecule has 9 heteroatoms. The average Bonchev–Trinajstić information content (AvgIpc) is 2.82. The number of nitrogens with one attached hydrogen (secondary N) is 2. The van der Waals surface area contributed by atoms with E-state index in [4.69, 9.17) is 5.84 Å². The Morgan fingerprint density at radius 2 is 2.00 bits per heavy atom. The number of thiophene rings is 1. The van der Waals surface area contributed by atoms with Crippen LogP contribution in [0.1, 0.15) is 9.75 Å². The fourth-order valence-electron chi connectivity index (χ4n) is 1.36. The molecule has 0 spiro atoms. The summed E-state index contributed by atoms with van der Waals surface area (Å²) in [6.45, 7) is 2.22.